The van der Waals surface area contributed by atoms with E-state index < -0.39 is 0 Å². The van der Waals surface area contributed by atoms with E-state index in [0.717, 1.165) is 6.42 Å². The molecule has 2 N–H and O–H groups in total. The van der Waals surface area contributed by atoms with Crippen LogP contribution in [0.1, 0.15) is 23.7 Å². The highest BCUT2D eigenvalue weighted by Crippen LogP contribution is 2.21. The molecule has 1 amide bonds. The smallest absolute Gasteiger partial charge is 0.254 e. The lowest BCUT2D eigenvalue weighted by molar-refractivity contribution is 0.0721. The van der Waals surface area contributed by atoms with Gasteiger partial charge in [0.2, 0.25) is 0 Å². The molecule has 5 heteroatoms. The van der Waals surface area contributed by atoms with E-state index >= 15 is 0 Å². The third kappa shape index (κ3) is 3.85. The summed E-state index contributed by atoms with van der Waals surface area (Å²) in [5, 5.41) is 18.5. The minimum Gasteiger partial charge on any atom is -0.507 e. The predicted molar refractivity (Wildman–Crippen MR) is 74.1 cm³/mol. The Balaban J connectivity index is 2.88. The van der Waals surface area contributed by atoms with Gasteiger partial charge in [0.25, 0.3) is 5.91 Å². The fraction of sp³-hybridized carbons (Fsp3) is 0.417. The maximum Gasteiger partial charge on any atom is 0.254 e. The van der Waals surface area contributed by atoms with Crippen LogP contribution >= 0.6 is 22.6 Å². The van der Waals surface area contributed by atoms with Crippen LogP contribution in [0.15, 0.2) is 18.2 Å². The maximum absolute atomic E-state index is 12.1. The molecule has 0 fully saturated rings. The second-order valence-electron chi connectivity index (χ2n) is 3.68. The van der Waals surface area contributed by atoms with Gasteiger partial charge in [-0.2, -0.15) is 0 Å². The Bertz CT molecular complexity index is 389. The SMILES string of the molecule is CCCN(CCO)C(=O)c1ccc(I)c(O)c1. The van der Waals surface area contributed by atoms with Gasteiger partial charge in [0, 0.05) is 18.7 Å². The number of halogens is 1. The summed E-state index contributed by atoms with van der Waals surface area (Å²) in [6.07, 6.45) is 0.835. The topological polar surface area (TPSA) is 60.8 Å². The molecule has 0 saturated carbocycles. The number of phenolic OH excluding ortho intramolecular Hbond substituents is 1. The van der Waals surface area contributed by atoms with Gasteiger partial charge in [0.05, 0.1) is 10.2 Å². The van der Waals surface area contributed by atoms with Gasteiger partial charge in [-0.3, -0.25) is 4.79 Å². The number of rotatable bonds is 5. The Morgan fingerprint density at radius 1 is 1.41 bits per heavy atom. The van der Waals surface area contributed by atoms with Crippen molar-refractivity contribution in [1.82, 2.24) is 4.90 Å². The number of aliphatic hydroxyl groups is 1. The summed E-state index contributed by atoms with van der Waals surface area (Å²) in [5.41, 5.74) is 0.449. The van der Waals surface area contributed by atoms with Crippen LogP contribution in [-0.2, 0) is 0 Å². The molecule has 0 heterocycles. The Morgan fingerprint density at radius 3 is 2.65 bits per heavy atom. The molecule has 4 nitrogen and oxygen atoms in total. The van der Waals surface area contributed by atoms with Crippen LogP contribution in [0.2, 0.25) is 0 Å². The summed E-state index contributed by atoms with van der Waals surface area (Å²) in [6.45, 7) is 2.84. The van der Waals surface area contributed by atoms with Crippen molar-refractivity contribution in [1.29, 1.82) is 0 Å². The van der Waals surface area contributed by atoms with Gasteiger partial charge in [-0.25, -0.2) is 0 Å². The zero-order valence-corrected chi connectivity index (χ0v) is 11.8. The molecule has 1 aromatic carbocycles. The van der Waals surface area contributed by atoms with E-state index in [4.69, 9.17) is 5.11 Å². The van der Waals surface area contributed by atoms with E-state index in [9.17, 15) is 9.90 Å². The molecule has 0 aliphatic carbocycles. The average Bonchev–Trinajstić information content (AvgIpc) is 2.31. The molecular weight excluding hydrogens is 333 g/mol. The first-order chi connectivity index (χ1) is 8.10. The van der Waals surface area contributed by atoms with Crippen molar-refractivity contribution in [3.05, 3.63) is 27.3 Å². The summed E-state index contributed by atoms with van der Waals surface area (Å²) >= 11 is 2.00. The zero-order valence-electron chi connectivity index (χ0n) is 9.69. The number of aliphatic hydroxyl groups excluding tert-OH is 1. The van der Waals surface area contributed by atoms with Crippen LogP contribution in [0, 0.1) is 3.57 Å². The van der Waals surface area contributed by atoms with Gasteiger partial charge >= 0.3 is 0 Å². The number of hydrogen-bond acceptors (Lipinski definition) is 3. The summed E-state index contributed by atoms with van der Waals surface area (Å²) < 4.78 is 0.711. The van der Waals surface area contributed by atoms with E-state index in [1.165, 1.54) is 6.07 Å². The third-order valence-corrected chi connectivity index (χ3v) is 3.26. The van der Waals surface area contributed by atoms with Crippen molar-refractivity contribution in [2.45, 2.75) is 13.3 Å². The number of hydrogen-bond donors (Lipinski definition) is 2. The molecule has 1 rings (SSSR count). The fourth-order valence-corrected chi connectivity index (χ4v) is 1.87. The molecule has 0 radical (unpaired) electrons. The molecule has 0 bridgehead atoms. The highest BCUT2D eigenvalue weighted by atomic mass is 127. The van der Waals surface area contributed by atoms with E-state index in [1.54, 1.807) is 17.0 Å². The Hall–Kier alpha value is -0.820. The van der Waals surface area contributed by atoms with Gasteiger partial charge in [0.15, 0.2) is 0 Å². The Labute approximate surface area is 114 Å². The highest BCUT2D eigenvalue weighted by molar-refractivity contribution is 14.1. The van der Waals surface area contributed by atoms with E-state index in [1.807, 2.05) is 29.5 Å². The molecule has 0 aliphatic rings. The second kappa shape index (κ2) is 6.80. The number of nitrogens with zero attached hydrogens (tertiary/aromatic N) is 1. The molecule has 94 valence electrons. The largest absolute Gasteiger partial charge is 0.507 e. The first kappa shape index (κ1) is 14.2. The van der Waals surface area contributed by atoms with E-state index in [0.29, 0.717) is 22.2 Å². The summed E-state index contributed by atoms with van der Waals surface area (Å²) in [7, 11) is 0. The lowest BCUT2D eigenvalue weighted by Crippen LogP contribution is -2.34. The molecule has 17 heavy (non-hydrogen) atoms. The van der Waals surface area contributed by atoms with Crippen LogP contribution in [0.4, 0.5) is 0 Å². The van der Waals surface area contributed by atoms with Gasteiger partial charge in [-0.1, -0.05) is 6.92 Å². The normalized spacial score (nSPS) is 10.3. The summed E-state index contributed by atoms with van der Waals surface area (Å²) in [4.78, 5) is 13.7. The number of benzene rings is 1. The van der Waals surface area contributed by atoms with Crippen molar-refractivity contribution in [2.75, 3.05) is 19.7 Å². The first-order valence-corrected chi connectivity index (χ1v) is 6.56. The lowest BCUT2D eigenvalue weighted by atomic mass is 10.2. The van der Waals surface area contributed by atoms with Crippen LogP contribution < -0.4 is 0 Å². The predicted octanol–water partition coefficient (Wildman–Crippen LogP) is 1.84. The average molecular weight is 349 g/mol. The minimum atomic E-state index is -0.160. The number of aromatic hydroxyl groups is 1. The number of phenols is 1. The van der Waals surface area contributed by atoms with Gasteiger partial charge in [-0.05, 0) is 47.2 Å². The van der Waals surface area contributed by atoms with Gasteiger partial charge < -0.3 is 15.1 Å². The van der Waals surface area contributed by atoms with Gasteiger partial charge in [0.1, 0.15) is 5.75 Å². The summed E-state index contributed by atoms with van der Waals surface area (Å²) in [5.74, 6) is -0.0514. The van der Waals surface area contributed by atoms with Crippen molar-refractivity contribution in [2.24, 2.45) is 0 Å². The van der Waals surface area contributed by atoms with Crippen molar-refractivity contribution >= 4 is 28.5 Å². The molecule has 1 aromatic rings. The highest BCUT2D eigenvalue weighted by Gasteiger charge is 2.15. The number of carbonyl (C=O) groups is 1. The lowest BCUT2D eigenvalue weighted by Gasteiger charge is -2.21. The molecule has 0 atom stereocenters. The van der Waals surface area contributed by atoms with E-state index in [-0.39, 0.29) is 18.3 Å². The van der Waals surface area contributed by atoms with Crippen LogP contribution in [0.25, 0.3) is 0 Å². The van der Waals surface area contributed by atoms with Crippen molar-refractivity contribution in [3.63, 3.8) is 0 Å². The molecule has 0 aromatic heterocycles. The van der Waals surface area contributed by atoms with Gasteiger partial charge in [-0.15, -0.1) is 0 Å². The first-order valence-electron chi connectivity index (χ1n) is 5.48. The quantitative estimate of drug-likeness (QED) is 0.798. The Kier molecular flexibility index (Phi) is 5.70. The molecule has 0 aliphatic heterocycles. The minimum absolute atomic E-state index is 0.0535. The van der Waals surface area contributed by atoms with Crippen LogP contribution in [-0.4, -0.2) is 40.7 Å². The monoisotopic (exact) mass is 349 g/mol. The third-order valence-electron chi connectivity index (χ3n) is 2.34. The molecule has 0 unspecified atom stereocenters. The van der Waals surface area contributed by atoms with Crippen molar-refractivity contribution in [3.8, 4) is 5.75 Å². The fourth-order valence-electron chi connectivity index (χ4n) is 1.53. The Morgan fingerprint density at radius 2 is 2.12 bits per heavy atom. The molecule has 0 spiro atoms. The van der Waals surface area contributed by atoms with E-state index in [2.05, 4.69) is 0 Å². The van der Waals surface area contributed by atoms with Crippen molar-refractivity contribution < 1.29 is 15.0 Å². The number of amides is 1. The molecule has 0 saturated heterocycles. The second-order valence-corrected chi connectivity index (χ2v) is 4.84. The zero-order chi connectivity index (χ0) is 12.8. The molecular formula is C12H16INO3. The van der Waals surface area contributed by atoms with Crippen LogP contribution in [0.3, 0.4) is 0 Å². The standard InChI is InChI=1S/C12H16INO3/c1-2-5-14(6-7-15)12(17)9-3-4-10(13)11(16)8-9/h3-4,8,15-16H,2,5-7H2,1H3. The summed E-state index contributed by atoms with van der Waals surface area (Å²) in [6, 6.07) is 4.85. The maximum atomic E-state index is 12.1. The number of carbonyl (C=O) groups excluding carboxylic acids is 1. The van der Waals surface area contributed by atoms with Crippen LogP contribution in [0.5, 0.6) is 5.75 Å².